The molecule has 4 aromatic rings. The van der Waals surface area contributed by atoms with E-state index >= 15 is 4.39 Å². The molecule has 43 heavy (non-hydrogen) atoms. The summed E-state index contributed by atoms with van der Waals surface area (Å²) in [5.41, 5.74) is 0.894. The second-order valence-corrected chi connectivity index (χ2v) is 12.8. The smallest absolute Gasteiger partial charge is 0.319 e. The molecule has 10 heteroatoms. The van der Waals surface area contributed by atoms with Crippen LogP contribution < -0.4 is 15.0 Å². The van der Waals surface area contributed by atoms with E-state index < -0.39 is 5.82 Å². The Morgan fingerprint density at radius 1 is 1.02 bits per heavy atom. The molecule has 9 rings (SSSR count). The summed E-state index contributed by atoms with van der Waals surface area (Å²) in [6.45, 7) is 4.70. The van der Waals surface area contributed by atoms with E-state index in [-0.39, 0.29) is 27.9 Å². The van der Waals surface area contributed by atoms with Crippen LogP contribution in [0.3, 0.4) is 0 Å². The number of hydrogen-bond donors (Lipinski definition) is 2. The number of phenols is 1. The number of piperidine rings is 1. The monoisotopic (exact) mass is 603 g/mol. The summed E-state index contributed by atoms with van der Waals surface area (Å²) >= 11 is 6.87. The predicted molar refractivity (Wildman–Crippen MR) is 166 cm³/mol. The van der Waals surface area contributed by atoms with Crippen molar-refractivity contribution < 1.29 is 19.0 Å². The molecule has 5 saturated heterocycles. The Morgan fingerprint density at radius 2 is 1.86 bits per heavy atom. The van der Waals surface area contributed by atoms with Gasteiger partial charge in [-0.25, -0.2) is 4.39 Å². The number of piperazine rings is 1. The summed E-state index contributed by atoms with van der Waals surface area (Å²) in [4.78, 5) is 14.2. The lowest BCUT2D eigenvalue weighted by Gasteiger charge is -2.45. The lowest BCUT2D eigenvalue weighted by Crippen LogP contribution is -2.54. The number of fused-ring (bicyclic) bond motifs is 7. The van der Waals surface area contributed by atoms with Crippen LogP contribution in [0.4, 0.5) is 10.2 Å². The van der Waals surface area contributed by atoms with E-state index in [0.717, 1.165) is 69.2 Å². The standard InChI is InChI=1S/C33H35ClFN5O3/c34-28-14-27-31(30(35)29(28)26-13-23(41)12-19-4-1-2-5-25(19)26)37-33(38-32(27)40-15-20-6-7-21(16-40)36-20)42-11-3-10-39-17-24-9-8-22(39)18-43-24/h1-2,4-5,12-14,20-22,24,36,41H,3,6-11,15-18H2. The molecular formula is C33H35ClFN5O3. The molecule has 0 spiro atoms. The van der Waals surface area contributed by atoms with Crippen molar-refractivity contribution in [2.24, 2.45) is 0 Å². The van der Waals surface area contributed by atoms with Gasteiger partial charge in [-0.1, -0.05) is 35.9 Å². The number of aromatic hydroxyl groups is 1. The van der Waals surface area contributed by atoms with Crippen molar-refractivity contribution in [3.8, 4) is 22.9 Å². The van der Waals surface area contributed by atoms with Gasteiger partial charge in [0.2, 0.25) is 0 Å². The molecule has 4 atom stereocenters. The van der Waals surface area contributed by atoms with E-state index in [9.17, 15) is 5.11 Å². The predicted octanol–water partition coefficient (Wildman–Crippen LogP) is 5.52. The number of nitrogens with one attached hydrogen (secondary N) is 1. The minimum absolute atomic E-state index is 0.0430. The highest BCUT2D eigenvalue weighted by molar-refractivity contribution is 6.35. The Bertz CT molecular complexity index is 1690. The third kappa shape index (κ3) is 5.06. The van der Waals surface area contributed by atoms with E-state index in [1.54, 1.807) is 18.2 Å². The average molecular weight is 604 g/mol. The second-order valence-electron chi connectivity index (χ2n) is 12.4. The maximum atomic E-state index is 16.7. The van der Waals surface area contributed by atoms with Gasteiger partial charge in [-0.05, 0) is 66.6 Å². The summed E-state index contributed by atoms with van der Waals surface area (Å²) in [5.74, 6) is 0.146. The molecule has 4 bridgehead atoms. The fourth-order valence-corrected chi connectivity index (χ4v) is 7.82. The molecule has 0 saturated carbocycles. The third-order valence-electron chi connectivity index (χ3n) is 9.60. The quantitative estimate of drug-likeness (QED) is 0.267. The maximum Gasteiger partial charge on any atom is 0.319 e. The van der Waals surface area contributed by atoms with Gasteiger partial charge in [0.15, 0.2) is 5.82 Å². The van der Waals surface area contributed by atoms with Crippen LogP contribution in [-0.4, -0.2) is 83.6 Å². The number of hydrogen-bond acceptors (Lipinski definition) is 8. The zero-order valence-electron chi connectivity index (χ0n) is 23.9. The molecule has 3 aromatic carbocycles. The first-order valence-electron chi connectivity index (χ1n) is 15.4. The van der Waals surface area contributed by atoms with Crippen molar-refractivity contribution >= 4 is 39.1 Å². The Hall–Kier alpha value is -3.24. The van der Waals surface area contributed by atoms with Gasteiger partial charge in [0.1, 0.15) is 17.1 Å². The first-order valence-corrected chi connectivity index (χ1v) is 15.8. The van der Waals surface area contributed by atoms with Gasteiger partial charge in [-0.15, -0.1) is 0 Å². The molecule has 2 N–H and O–H groups in total. The lowest BCUT2D eigenvalue weighted by atomic mass is 9.96. The first-order chi connectivity index (χ1) is 21.0. The van der Waals surface area contributed by atoms with Gasteiger partial charge in [0.05, 0.1) is 24.3 Å². The largest absolute Gasteiger partial charge is 0.508 e. The molecule has 0 aliphatic carbocycles. The van der Waals surface area contributed by atoms with Crippen molar-refractivity contribution in [1.29, 1.82) is 0 Å². The normalized spacial score (nSPS) is 25.2. The molecule has 5 aliphatic heterocycles. The molecular weight excluding hydrogens is 569 g/mol. The van der Waals surface area contributed by atoms with Gasteiger partial charge in [0, 0.05) is 55.3 Å². The fourth-order valence-electron chi connectivity index (χ4n) is 7.52. The third-order valence-corrected chi connectivity index (χ3v) is 9.89. The number of halogens is 2. The van der Waals surface area contributed by atoms with E-state index in [0.29, 0.717) is 47.6 Å². The maximum absolute atomic E-state index is 16.7. The van der Waals surface area contributed by atoms with E-state index in [4.69, 9.17) is 26.1 Å². The zero-order valence-corrected chi connectivity index (χ0v) is 24.7. The summed E-state index contributed by atoms with van der Waals surface area (Å²) in [6.07, 6.45) is 5.73. The molecule has 4 unspecified atom stereocenters. The van der Waals surface area contributed by atoms with Crippen molar-refractivity contribution in [3.63, 3.8) is 0 Å². The number of rotatable bonds is 7. The highest BCUT2D eigenvalue weighted by Crippen LogP contribution is 2.43. The number of nitrogens with zero attached hydrogens (tertiary/aromatic N) is 4. The van der Waals surface area contributed by atoms with Gasteiger partial charge >= 0.3 is 6.01 Å². The van der Waals surface area contributed by atoms with Crippen molar-refractivity contribution in [2.45, 2.75) is 56.3 Å². The molecule has 0 radical (unpaired) electrons. The zero-order chi connectivity index (χ0) is 29.1. The number of morpholine rings is 1. The Balaban J connectivity index is 1.16. The van der Waals surface area contributed by atoms with E-state index in [1.165, 1.54) is 6.42 Å². The van der Waals surface area contributed by atoms with Gasteiger partial charge in [-0.2, -0.15) is 9.97 Å². The van der Waals surface area contributed by atoms with Crippen LogP contribution in [0.15, 0.2) is 42.5 Å². The van der Waals surface area contributed by atoms with Crippen LogP contribution in [0.5, 0.6) is 11.8 Å². The number of aromatic nitrogens is 2. The minimum atomic E-state index is -0.547. The van der Waals surface area contributed by atoms with Gasteiger partial charge < -0.3 is 24.8 Å². The number of anilines is 1. The second kappa shape index (κ2) is 11.0. The summed E-state index contributed by atoms with van der Waals surface area (Å²) < 4.78 is 28.7. The van der Waals surface area contributed by atoms with Crippen LogP contribution in [0.25, 0.3) is 32.8 Å². The lowest BCUT2D eigenvalue weighted by molar-refractivity contribution is -0.106. The fraction of sp³-hybridized carbons (Fsp3) is 0.455. The Kier molecular flexibility index (Phi) is 7.01. The van der Waals surface area contributed by atoms with Crippen LogP contribution in [0, 0.1) is 5.82 Å². The average Bonchev–Trinajstić information content (AvgIpc) is 3.36. The Morgan fingerprint density at radius 3 is 2.63 bits per heavy atom. The Labute approximate surface area is 254 Å². The highest BCUT2D eigenvalue weighted by atomic mass is 35.5. The summed E-state index contributed by atoms with van der Waals surface area (Å²) in [6, 6.07) is 14.0. The molecule has 5 aliphatic rings. The summed E-state index contributed by atoms with van der Waals surface area (Å²) in [5, 5.41) is 16.6. The van der Waals surface area contributed by atoms with Crippen LogP contribution in [0.1, 0.15) is 32.1 Å². The first kappa shape index (κ1) is 27.3. The van der Waals surface area contributed by atoms with Crippen molar-refractivity contribution in [3.05, 3.63) is 53.3 Å². The molecule has 0 amide bonds. The van der Waals surface area contributed by atoms with Gasteiger partial charge in [-0.3, -0.25) is 4.90 Å². The highest BCUT2D eigenvalue weighted by Gasteiger charge is 2.35. The van der Waals surface area contributed by atoms with Crippen molar-refractivity contribution in [1.82, 2.24) is 20.2 Å². The molecule has 6 heterocycles. The number of phenolic OH excluding ortho intramolecular Hbond substituents is 1. The van der Waals surface area contributed by atoms with Crippen LogP contribution in [-0.2, 0) is 4.74 Å². The minimum Gasteiger partial charge on any atom is -0.508 e. The van der Waals surface area contributed by atoms with E-state index in [2.05, 4.69) is 20.1 Å². The SMILES string of the molecule is Oc1cc(-c2c(Cl)cc3c(N4CC5CCC(C4)N5)nc(OCCCN4CC5CCC4CO5)nc3c2F)c2ccccc2c1. The van der Waals surface area contributed by atoms with Crippen LogP contribution >= 0.6 is 11.6 Å². The number of ether oxygens (including phenoxy) is 2. The number of benzene rings is 3. The van der Waals surface area contributed by atoms with Gasteiger partial charge in [0.25, 0.3) is 0 Å². The molecule has 5 fully saturated rings. The summed E-state index contributed by atoms with van der Waals surface area (Å²) in [7, 11) is 0. The van der Waals surface area contributed by atoms with E-state index in [1.807, 2.05) is 24.3 Å². The molecule has 1 aromatic heterocycles. The topological polar surface area (TPSA) is 83.0 Å². The molecule has 224 valence electrons. The van der Waals surface area contributed by atoms with Crippen molar-refractivity contribution in [2.75, 3.05) is 44.3 Å². The molecule has 8 nitrogen and oxygen atoms in total. The van der Waals surface area contributed by atoms with Crippen LogP contribution in [0.2, 0.25) is 5.02 Å².